The first-order chi connectivity index (χ1) is 4.84. The molecule has 1 rings (SSSR count). The van der Waals surface area contributed by atoms with E-state index >= 15 is 0 Å². The van der Waals surface area contributed by atoms with Crippen molar-refractivity contribution < 1.29 is 0 Å². The Morgan fingerprint density at radius 3 is 3.10 bits per heavy atom. The van der Waals surface area contributed by atoms with Gasteiger partial charge in [0.1, 0.15) is 0 Å². The lowest BCUT2D eigenvalue weighted by Crippen LogP contribution is -1.85. The second-order valence-corrected chi connectivity index (χ2v) is 2.57. The minimum Gasteiger partial charge on any atom is -0.194 e. The third-order valence-electron chi connectivity index (χ3n) is 1.25. The number of hydrogen-bond acceptors (Lipinski definition) is 2. The van der Waals surface area contributed by atoms with E-state index in [9.17, 15) is 0 Å². The molecule has 0 aromatic carbocycles. The van der Waals surface area contributed by atoms with Gasteiger partial charge < -0.3 is 0 Å². The molecule has 0 unspecified atom stereocenters. The van der Waals surface area contributed by atoms with Gasteiger partial charge in [0.05, 0.1) is 10.9 Å². The topological polar surface area (TPSA) is 12.4 Å². The standard InChI is InChI=1S/C7H6ClNS/c8-6-3-1-2-4-7(6)9-5-10/h2,4H,1,3H2. The Balaban J connectivity index is 2.89. The minimum atomic E-state index is 0.753. The fourth-order valence-corrected chi connectivity index (χ4v) is 1.08. The van der Waals surface area contributed by atoms with E-state index in [-0.39, 0.29) is 0 Å². The van der Waals surface area contributed by atoms with Gasteiger partial charge in [0.2, 0.25) is 0 Å². The molecular formula is C7H6ClNS. The molecule has 0 saturated heterocycles. The summed E-state index contributed by atoms with van der Waals surface area (Å²) in [4.78, 5) is 3.79. The molecule has 0 heterocycles. The Morgan fingerprint density at radius 2 is 2.50 bits per heavy atom. The Kier molecular flexibility index (Phi) is 2.82. The van der Waals surface area contributed by atoms with E-state index in [0.29, 0.717) is 0 Å². The third kappa shape index (κ3) is 1.77. The van der Waals surface area contributed by atoms with Crippen molar-refractivity contribution >= 4 is 29.0 Å². The van der Waals surface area contributed by atoms with Crippen molar-refractivity contribution in [3.05, 3.63) is 22.9 Å². The first kappa shape index (κ1) is 7.67. The van der Waals surface area contributed by atoms with Crippen LogP contribution in [0.3, 0.4) is 0 Å². The van der Waals surface area contributed by atoms with Crippen LogP contribution in [0.5, 0.6) is 0 Å². The zero-order valence-electron chi connectivity index (χ0n) is 5.30. The molecule has 52 valence electrons. The maximum absolute atomic E-state index is 5.81. The molecule has 3 heteroatoms. The van der Waals surface area contributed by atoms with Crippen molar-refractivity contribution in [3.63, 3.8) is 0 Å². The van der Waals surface area contributed by atoms with Crippen molar-refractivity contribution in [3.8, 4) is 0 Å². The zero-order valence-corrected chi connectivity index (χ0v) is 6.87. The SMILES string of the molecule is S=C=NC1=C(Cl)CCC=C1. The van der Waals surface area contributed by atoms with E-state index < -0.39 is 0 Å². The lowest BCUT2D eigenvalue weighted by Gasteiger charge is -2.03. The van der Waals surface area contributed by atoms with Crippen LogP contribution in [0.25, 0.3) is 0 Å². The van der Waals surface area contributed by atoms with Crippen LogP contribution < -0.4 is 0 Å². The maximum Gasteiger partial charge on any atom is 0.0881 e. The Hall–Kier alpha value is -0.430. The molecule has 0 aromatic heterocycles. The zero-order chi connectivity index (χ0) is 7.40. The minimum absolute atomic E-state index is 0.753. The number of halogens is 1. The molecule has 0 aliphatic heterocycles. The van der Waals surface area contributed by atoms with Crippen molar-refractivity contribution in [2.24, 2.45) is 4.99 Å². The van der Waals surface area contributed by atoms with Gasteiger partial charge >= 0.3 is 0 Å². The molecular weight excluding hydrogens is 166 g/mol. The molecule has 0 bridgehead atoms. The van der Waals surface area contributed by atoms with Gasteiger partial charge in [0, 0.05) is 5.03 Å². The fraction of sp³-hybridized carbons (Fsp3) is 0.286. The molecule has 0 fully saturated rings. The number of hydrogen-bond donors (Lipinski definition) is 0. The molecule has 0 saturated carbocycles. The van der Waals surface area contributed by atoms with Gasteiger partial charge in [-0.05, 0) is 31.1 Å². The van der Waals surface area contributed by atoms with Gasteiger partial charge in [-0.15, -0.1) is 0 Å². The molecule has 0 amide bonds. The number of thiocarbonyl (C=S) groups is 1. The van der Waals surface area contributed by atoms with Crippen molar-refractivity contribution in [2.45, 2.75) is 12.8 Å². The highest BCUT2D eigenvalue weighted by Crippen LogP contribution is 2.22. The Morgan fingerprint density at radius 1 is 1.70 bits per heavy atom. The van der Waals surface area contributed by atoms with Crippen LogP contribution in [0.1, 0.15) is 12.8 Å². The predicted molar refractivity (Wildman–Crippen MR) is 46.3 cm³/mol. The van der Waals surface area contributed by atoms with Crippen LogP contribution in [0.15, 0.2) is 27.9 Å². The normalized spacial score (nSPS) is 16.9. The van der Waals surface area contributed by atoms with E-state index in [0.717, 1.165) is 23.6 Å². The smallest absolute Gasteiger partial charge is 0.0881 e. The van der Waals surface area contributed by atoms with E-state index in [1.165, 1.54) is 0 Å². The van der Waals surface area contributed by atoms with Crippen LogP contribution in [0.2, 0.25) is 0 Å². The van der Waals surface area contributed by atoms with Crippen LogP contribution in [-0.4, -0.2) is 5.16 Å². The third-order valence-corrected chi connectivity index (χ3v) is 1.72. The first-order valence-corrected chi connectivity index (χ1v) is 3.76. The number of aliphatic imine (C=N–C) groups is 1. The summed E-state index contributed by atoms with van der Waals surface area (Å²) in [6, 6.07) is 0. The summed E-state index contributed by atoms with van der Waals surface area (Å²) < 4.78 is 0. The quantitative estimate of drug-likeness (QED) is 0.437. The molecule has 1 aliphatic rings. The molecule has 0 aromatic rings. The van der Waals surface area contributed by atoms with Gasteiger partial charge in [-0.3, -0.25) is 0 Å². The van der Waals surface area contributed by atoms with E-state index in [2.05, 4.69) is 22.4 Å². The highest BCUT2D eigenvalue weighted by Gasteiger charge is 2.02. The van der Waals surface area contributed by atoms with Crippen molar-refractivity contribution in [1.29, 1.82) is 0 Å². The highest BCUT2D eigenvalue weighted by atomic mass is 35.5. The Bertz CT molecular complexity index is 236. The number of isothiocyanates is 1. The number of rotatable bonds is 1. The molecule has 0 spiro atoms. The first-order valence-electron chi connectivity index (χ1n) is 2.97. The van der Waals surface area contributed by atoms with Gasteiger partial charge in [0.25, 0.3) is 0 Å². The van der Waals surface area contributed by atoms with Crippen molar-refractivity contribution in [1.82, 2.24) is 0 Å². The van der Waals surface area contributed by atoms with E-state index in [1.807, 2.05) is 12.2 Å². The summed E-state index contributed by atoms with van der Waals surface area (Å²) in [5.41, 5.74) is 0.753. The second kappa shape index (κ2) is 3.67. The lowest BCUT2D eigenvalue weighted by atomic mass is 10.1. The largest absolute Gasteiger partial charge is 0.194 e. The second-order valence-electron chi connectivity index (χ2n) is 1.93. The summed E-state index contributed by atoms with van der Waals surface area (Å²) in [5, 5.41) is 3.06. The Labute approximate surface area is 70.1 Å². The monoisotopic (exact) mass is 171 g/mol. The molecule has 1 nitrogen and oxygen atoms in total. The van der Waals surface area contributed by atoms with Crippen LogP contribution >= 0.6 is 23.8 Å². The van der Waals surface area contributed by atoms with Gasteiger partial charge in [-0.25, -0.2) is 0 Å². The van der Waals surface area contributed by atoms with Crippen LogP contribution in [0.4, 0.5) is 0 Å². The predicted octanol–water partition coefficient (Wildman–Crippen LogP) is 2.89. The van der Waals surface area contributed by atoms with Crippen LogP contribution in [-0.2, 0) is 0 Å². The molecule has 0 radical (unpaired) electrons. The molecule has 1 aliphatic carbocycles. The van der Waals surface area contributed by atoms with E-state index in [1.54, 1.807) is 0 Å². The molecule has 0 atom stereocenters. The van der Waals surface area contributed by atoms with Gasteiger partial charge in [-0.1, -0.05) is 17.7 Å². The van der Waals surface area contributed by atoms with E-state index in [4.69, 9.17) is 11.6 Å². The maximum atomic E-state index is 5.81. The van der Waals surface area contributed by atoms with Gasteiger partial charge in [-0.2, -0.15) is 4.99 Å². The fourth-order valence-electron chi connectivity index (χ4n) is 0.771. The lowest BCUT2D eigenvalue weighted by molar-refractivity contribution is 0.991. The average Bonchev–Trinajstić information content (AvgIpc) is 1.94. The number of nitrogens with zero attached hydrogens (tertiary/aromatic N) is 1. The highest BCUT2D eigenvalue weighted by molar-refractivity contribution is 7.78. The van der Waals surface area contributed by atoms with Gasteiger partial charge in [0.15, 0.2) is 0 Å². The summed E-state index contributed by atoms with van der Waals surface area (Å²) in [7, 11) is 0. The van der Waals surface area contributed by atoms with Crippen molar-refractivity contribution in [2.75, 3.05) is 0 Å². The summed E-state index contributed by atoms with van der Waals surface area (Å²) in [6.07, 6.45) is 5.76. The summed E-state index contributed by atoms with van der Waals surface area (Å²) in [6.45, 7) is 0. The number of allylic oxidation sites excluding steroid dienone is 3. The van der Waals surface area contributed by atoms with Crippen LogP contribution in [0, 0.1) is 0 Å². The summed E-state index contributed by atoms with van der Waals surface area (Å²) in [5.74, 6) is 0. The molecule has 10 heavy (non-hydrogen) atoms. The molecule has 0 N–H and O–H groups in total. The summed E-state index contributed by atoms with van der Waals surface area (Å²) >= 11 is 10.3. The average molecular weight is 172 g/mol.